The molecule has 0 radical (unpaired) electrons. The van der Waals surface area contributed by atoms with Gasteiger partial charge in [-0.3, -0.25) is 9.59 Å². The molecule has 1 heterocycles. The molecule has 3 aromatic rings. The number of likely N-dealkylation sites (tertiary alicyclic amines) is 1. The van der Waals surface area contributed by atoms with Crippen LogP contribution in [0.5, 0.6) is 11.5 Å². The van der Waals surface area contributed by atoms with Crippen LogP contribution >= 0.6 is 0 Å². The molecule has 1 saturated heterocycles. The lowest BCUT2D eigenvalue weighted by molar-refractivity contribution is -0.140. The normalized spacial score (nSPS) is 16.9. The Kier molecular flexibility index (Phi) is 7.71. The number of carbonyl (C=O) groups is 2. The number of ether oxygens (including phenoxy) is 3. The van der Waals surface area contributed by atoms with Crippen molar-refractivity contribution >= 4 is 17.4 Å². The molecule has 1 aliphatic rings. The minimum Gasteiger partial charge on any atom is -0.507 e. The van der Waals surface area contributed by atoms with E-state index in [2.05, 4.69) is 0 Å². The van der Waals surface area contributed by atoms with E-state index in [0.717, 1.165) is 11.1 Å². The molecule has 7 nitrogen and oxygen atoms in total. The molecule has 1 unspecified atom stereocenters. The van der Waals surface area contributed by atoms with Gasteiger partial charge in [0.15, 0.2) is 0 Å². The second kappa shape index (κ2) is 11.1. The standard InChI is InChI=1S/C29H29NO6/c1-19-12-13-24(35-3)23(16-19)27(31)25-26(30(14-15-34-2)29(33)28(25)32)21-10-7-11-22(17-21)36-18-20-8-5-4-6-9-20/h4-13,16-17,26,31H,14-15,18H2,1-3H3/b27-25+. The largest absolute Gasteiger partial charge is 0.507 e. The third-order valence-corrected chi connectivity index (χ3v) is 6.11. The summed E-state index contributed by atoms with van der Waals surface area (Å²) < 4.78 is 16.6. The number of hydrogen-bond acceptors (Lipinski definition) is 6. The molecule has 186 valence electrons. The maximum atomic E-state index is 13.2. The monoisotopic (exact) mass is 487 g/mol. The molecule has 7 heteroatoms. The fourth-order valence-electron chi connectivity index (χ4n) is 4.31. The summed E-state index contributed by atoms with van der Waals surface area (Å²) >= 11 is 0. The summed E-state index contributed by atoms with van der Waals surface area (Å²) in [6, 6.07) is 21.5. The lowest BCUT2D eigenvalue weighted by Crippen LogP contribution is -2.32. The molecule has 0 spiro atoms. The number of aryl methyl sites for hydroxylation is 1. The summed E-state index contributed by atoms with van der Waals surface area (Å²) in [6.07, 6.45) is 0. The van der Waals surface area contributed by atoms with E-state index in [1.807, 2.05) is 55.5 Å². The van der Waals surface area contributed by atoms with Crippen LogP contribution in [-0.2, 0) is 20.9 Å². The van der Waals surface area contributed by atoms with Gasteiger partial charge in [-0.2, -0.15) is 0 Å². The van der Waals surface area contributed by atoms with Gasteiger partial charge in [0.2, 0.25) is 0 Å². The molecule has 0 saturated carbocycles. The lowest BCUT2D eigenvalue weighted by Gasteiger charge is -2.25. The molecule has 3 aromatic carbocycles. The summed E-state index contributed by atoms with van der Waals surface area (Å²) in [4.78, 5) is 27.7. The third kappa shape index (κ3) is 5.11. The molecule has 0 aromatic heterocycles. The average Bonchev–Trinajstić information content (AvgIpc) is 3.16. The fourth-order valence-corrected chi connectivity index (χ4v) is 4.31. The molecule has 4 rings (SSSR count). The number of benzene rings is 3. The van der Waals surface area contributed by atoms with Crippen LogP contribution in [0.1, 0.15) is 28.3 Å². The van der Waals surface area contributed by atoms with Crippen LogP contribution in [0.2, 0.25) is 0 Å². The fraction of sp³-hybridized carbons (Fsp3) is 0.241. The van der Waals surface area contributed by atoms with Crippen molar-refractivity contribution < 1.29 is 28.9 Å². The van der Waals surface area contributed by atoms with E-state index in [4.69, 9.17) is 14.2 Å². The zero-order valence-corrected chi connectivity index (χ0v) is 20.6. The molecule has 1 fully saturated rings. The van der Waals surface area contributed by atoms with Crippen molar-refractivity contribution in [1.82, 2.24) is 4.90 Å². The highest BCUT2D eigenvalue weighted by Gasteiger charge is 2.46. The summed E-state index contributed by atoms with van der Waals surface area (Å²) in [5.74, 6) is -0.746. The Labute approximate surface area is 210 Å². The summed E-state index contributed by atoms with van der Waals surface area (Å²) in [5.41, 5.74) is 2.88. The van der Waals surface area contributed by atoms with Crippen molar-refractivity contribution in [2.45, 2.75) is 19.6 Å². The second-order valence-corrected chi connectivity index (χ2v) is 8.54. The van der Waals surface area contributed by atoms with Gasteiger partial charge in [0, 0.05) is 13.7 Å². The number of Topliss-reactive ketones (excluding diaryl/α,β-unsaturated/α-hetero) is 1. The average molecular weight is 488 g/mol. The number of aliphatic hydroxyl groups excluding tert-OH is 1. The summed E-state index contributed by atoms with van der Waals surface area (Å²) in [5, 5.41) is 11.4. The van der Waals surface area contributed by atoms with Crippen LogP contribution in [0.25, 0.3) is 5.76 Å². The number of carbonyl (C=O) groups excluding carboxylic acids is 2. The first-order valence-electron chi connectivity index (χ1n) is 11.6. The van der Waals surface area contributed by atoms with Gasteiger partial charge in [0.05, 0.1) is 30.9 Å². The first-order valence-corrected chi connectivity index (χ1v) is 11.6. The van der Waals surface area contributed by atoms with Gasteiger partial charge >= 0.3 is 0 Å². The quantitative estimate of drug-likeness (QED) is 0.269. The molecular weight excluding hydrogens is 458 g/mol. The molecule has 0 bridgehead atoms. The first kappa shape index (κ1) is 25.0. The molecule has 36 heavy (non-hydrogen) atoms. The van der Waals surface area contributed by atoms with Gasteiger partial charge in [-0.25, -0.2) is 0 Å². The van der Waals surface area contributed by atoms with Gasteiger partial charge in [-0.15, -0.1) is 0 Å². The van der Waals surface area contributed by atoms with Crippen molar-refractivity contribution in [3.8, 4) is 11.5 Å². The Bertz CT molecular complexity index is 1280. The number of aliphatic hydroxyl groups is 1. The van der Waals surface area contributed by atoms with E-state index in [9.17, 15) is 14.7 Å². The number of rotatable bonds is 9. The van der Waals surface area contributed by atoms with Crippen molar-refractivity contribution in [2.75, 3.05) is 27.4 Å². The number of ketones is 1. The third-order valence-electron chi connectivity index (χ3n) is 6.11. The van der Waals surface area contributed by atoms with E-state index in [-0.39, 0.29) is 24.5 Å². The maximum absolute atomic E-state index is 13.2. The Morgan fingerprint density at radius 2 is 1.75 bits per heavy atom. The van der Waals surface area contributed by atoms with E-state index in [0.29, 0.717) is 29.2 Å². The zero-order valence-electron chi connectivity index (χ0n) is 20.6. The Morgan fingerprint density at radius 3 is 2.47 bits per heavy atom. The van der Waals surface area contributed by atoms with E-state index in [1.165, 1.54) is 19.1 Å². The minimum absolute atomic E-state index is 0.000197. The van der Waals surface area contributed by atoms with Crippen LogP contribution < -0.4 is 9.47 Å². The lowest BCUT2D eigenvalue weighted by atomic mass is 9.94. The van der Waals surface area contributed by atoms with Gasteiger partial charge < -0.3 is 24.2 Å². The Hall–Kier alpha value is -4.10. The van der Waals surface area contributed by atoms with Crippen molar-refractivity contribution in [3.63, 3.8) is 0 Å². The van der Waals surface area contributed by atoms with E-state index >= 15 is 0 Å². The van der Waals surface area contributed by atoms with Gasteiger partial charge in [0.1, 0.15) is 23.9 Å². The molecular formula is C29H29NO6. The van der Waals surface area contributed by atoms with Gasteiger partial charge in [0.25, 0.3) is 11.7 Å². The smallest absolute Gasteiger partial charge is 0.295 e. The van der Waals surface area contributed by atoms with Gasteiger partial charge in [-0.05, 0) is 42.3 Å². The van der Waals surface area contributed by atoms with Crippen LogP contribution in [0.15, 0.2) is 78.4 Å². The molecule has 1 atom stereocenters. The number of nitrogens with zero attached hydrogens (tertiary/aromatic N) is 1. The molecule has 1 aliphatic heterocycles. The molecule has 1 amide bonds. The second-order valence-electron chi connectivity index (χ2n) is 8.54. The highest BCUT2D eigenvalue weighted by Crippen LogP contribution is 2.41. The highest BCUT2D eigenvalue weighted by molar-refractivity contribution is 6.46. The summed E-state index contributed by atoms with van der Waals surface area (Å²) in [6.45, 7) is 2.66. The summed E-state index contributed by atoms with van der Waals surface area (Å²) in [7, 11) is 3.02. The van der Waals surface area contributed by atoms with Gasteiger partial charge in [-0.1, -0.05) is 54.1 Å². The topological polar surface area (TPSA) is 85.3 Å². The van der Waals surface area contributed by atoms with Crippen molar-refractivity contribution in [1.29, 1.82) is 0 Å². The van der Waals surface area contributed by atoms with Crippen LogP contribution in [-0.4, -0.2) is 49.1 Å². The van der Waals surface area contributed by atoms with Crippen LogP contribution in [0, 0.1) is 6.92 Å². The highest BCUT2D eigenvalue weighted by atomic mass is 16.5. The molecule has 0 aliphatic carbocycles. The number of hydrogen-bond donors (Lipinski definition) is 1. The molecule has 1 N–H and O–H groups in total. The Balaban J connectivity index is 1.78. The first-order chi connectivity index (χ1) is 17.4. The maximum Gasteiger partial charge on any atom is 0.295 e. The number of amides is 1. The van der Waals surface area contributed by atoms with Crippen LogP contribution in [0.3, 0.4) is 0 Å². The van der Waals surface area contributed by atoms with Crippen molar-refractivity contribution in [2.24, 2.45) is 0 Å². The SMILES string of the molecule is COCCN1C(=O)C(=O)/C(=C(/O)c2cc(C)ccc2OC)C1c1cccc(OCc2ccccc2)c1. The predicted molar refractivity (Wildman–Crippen MR) is 136 cm³/mol. The number of methoxy groups -OCH3 is 2. The van der Waals surface area contributed by atoms with E-state index in [1.54, 1.807) is 24.3 Å². The van der Waals surface area contributed by atoms with E-state index < -0.39 is 17.7 Å². The minimum atomic E-state index is -0.814. The Morgan fingerprint density at radius 1 is 0.972 bits per heavy atom. The zero-order chi connectivity index (χ0) is 25.7. The van der Waals surface area contributed by atoms with Crippen molar-refractivity contribution in [3.05, 3.63) is 101 Å². The van der Waals surface area contributed by atoms with Crippen LogP contribution in [0.4, 0.5) is 0 Å². The predicted octanol–water partition coefficient (Wildman–Crippen LogP) is 4.65.